The van der Waals surface area contributed by atoms with Crippen LogP contribution < -0.4 is 9.70 Å². The van der Waals surface area contributed by atoms with Gasteiger partial charge in [-0.1, -0.05) is 24.7 Å². The summed E-state index contributed by atoms with van der Waals surface area (Å²) in [5.74, 6) is -0.0263. The average Bonchev–Trinajstić information content (AvgIpc) is 2.94. The van der Waals surface area contributed by atoms with Crippen molar-refractivity contribution in [3.05, 3.63) is 29.1 Å². The van der Waals surface area contributed by atoms with Gasteiger partial charge in [0.15, 0.2) is 5.78 Å². The van der Waals surface area contributed by atoms with Crippen molar-refractivity contribution in [1.82, 2.24) is 9.78 Å². The molecule has 7 heteroatoms. The van der Waals surface area contributed by atoms with E-state index in [0.717, 1.165) is 29.3 Å². The normalized spacial score (nSPS) is 14.9. The predicted octanol–water partition coefficient (Wildman–Crippen LogP) is 3.32. The zero-order valence-corrected chi connectivity index (χ0v) is 16.5. The second-order valence-corrected chi connectivity index (χ2v) is 7.47. The quantitative estimate of drug-likeness (QED) is 0.553. The van der Waals surface area contributed by atoms with Crippen LogP contribution in [0.3, 0.4) is 0 Å². The summed E-state index contributed by atoms with van der Waals surface area (Å²) in [6, 6.07) is 0.723. The first-order valence-corrected chi connectivity index (χ1v) is 9.62. The topological polar surface area (TPSA) is 62.9 Å². The van der Waals surface area contributed by atoms with Gasteiger partial charge in [0.2, 0.25) is 9.93 Å². The Bertz CT molecular complexity index is 726. The molecule has 1 heterocycles. The van der Waals surface area contributed by atoms with Gasteiger partial charge in [0, 0.05) is 18.6 Å². The Morgan fingerprint density at radius 2 is 1.76 bits per heavy atom. The molecule has 0 aliphatic heterocycles. The Morgan fingerprint density at radius 3 is 2.32 bits per heavy atom. The molecule has 0 fully saturated rings. The van der Waals surface area contributed by atoms with Crippen LogP contribution in [-0.4, -0.2) is 33.4 Å². The molecule has 0 amide bonds. The van der Waals surface area contributed by atoms with E-state index in [-0.39, 0.29) is 5.78 Å². The van der Waals surface area contributed by atoms with Crippen molar-refractivity contribution >= 4 is 28.0 Å². The lowest BCUT2D eigenvalue weighted by Crippen LogP contribution is -2.37. The van der Waals surface area contributed by atoms with Gasteiger partial charge in [-0.05, 0) is 58.4 Å². The number of aromatic nitrogens is 2. The van der Waals surface area contributed by atoms with Crippen LogP contribution in [0.4, 0.5) is 5.13 Å². The smallest absolute Gasteiger partial charge is 0.230 e. The first kappa shape index (κ1) is 19.3. The molecular formula is C18H27N5OS. The van der Waals surface area contributed by atoms with Crippen molar-refractivity contribution in [2.45, 2.75) is 66.1 Å². The Morgan fingerprint density at radius 1 is 1.12 bits per heavy atom. The number of hydrogen-bond donors (Lipinski definition) is 0. The van der Waals surface area contributed by atoms with Crippen LogP contribution in [-0.2, 0) is 11.3 Å². The summed E-state index contributed by atoms with van der Waals surface area (Å²) in [6.07, 6.45) is 8.50. The number of anilines is 1. The Balaban J connectivity index is 2.39. The van der Waals surface area contributed by atoms with E-state index in [1.54, 1.807) is 23.5 Å². The van der Waals surface area contributed by atoms with Crippen LogP contribution in [0.1, 0.15) is 47.5 Å². The van der Waals surface area contributed by atoms with Crippen LogP contribution in [0.2, 0.25) is 0 Å². The van der Waals surface area contributed by atoms with Crippen LogP contribution in [0.25, 0.3) is 0 Å². The molecule has 25 heavy (non-hydrogen) atoms. The molecule has 1 aromatic heterocycles. The molecule has 0 saturated heterocycles. The van der Waals surface area contributed by atoms with E-state index in [2.05, 4.69) is 49.7 Å². The second-order valence-electron chi connectivity index (χ2n) is 6.53. The monoisotopic (exact) mass is 361 g/mol. The van der Waals surface area contributed by atoms with Gasteiger partial charge < -0.3 is 4.90 Å². The molecule has 1 aliphatic carbocycles. The molecule has 0 radical (unpaired) electrons. The van der Waals surface area contributed by atoms with E-state index in [1.807, 2.05) is 4.68 Å². The summed E-state index contributed by atoms with van der Waals surface area (Å²) < 4.78 is 1.94. The molecule has 2 rings (SSSR count). The van der Waals surface area contributed by atoms with Crippen molar-refractivity contribution in [2.24, 2.45) is 10.2 Å². The third-order valence-corrected chi connectivity index (χ3v) is 4.70. The lowest BCUT2D eigenvalue weighted by atomic mass is 10.2. The summed E-state index contributed by atoms with van der Waals surface area (Å²) >= 11 is 1.55. The first-order valence-electron chi connectivity index (χ1n) is 8.80. The highest BCUT2D eigenvalue weighted by Gasteiger charge is 2.19. The van der Waals surface area contributed by atoms with Crippen molar-refractivity contribution in [3.63, 3.8) is 0 Å². The SMILES string of the molecule is CCCCn1nc(N(C(C)C)C(C)C)s/c1=N\N=C1C=CC(=O)C=C1. The number of aryl methyl sites for hydroxylation is 1. The third-order valence-electron chi connectivity index (χ3n) is 3.75. The van der Waals surface area contributed by atoms with Crippen LogP contribution in [0.15, 0.2) is 34.5 Å². The minimum Gasteiger partial charge on any atom is -0.342 e. The Hall–Kier alpha value is -2.02. The van der Waals surface area contributed by atoms with E-state index in [9.17, 15) is 4.79 Å². The first-order chi connectivity index (χ1) is 11.9. The van der Waals surface area contributed by atoms with E-state index < -0.39 is 0 Å². The molecule has 0 spiro atoms. The molecular weight excluding hydrogens is 334 g/mol. The molecule has 136 valence electrons. The fourth-order valence-corrected chi connectivity index (χ4v) is 3.73. The molecule has 0 bridgehead atoms. The lowest BCUT2D eigenvalue weighted by molar-refractivity contribution is -0.110. The van der Waals surface area contributed by atoms with E-state index in [0.29, 0.717) is 17.8 Å². The summed E-state index contributed by atoms with van der Waals surface area (Å²) in [5.41, 5.74) is 0.668. The van der Waals surface area contributed by atoms with Crippen molar-refractivity contribution < 1.29 is 4.79 Å². The highest BCUT2D eigenvalue weighted by molar-refractivity contribution is 7.13. The molecule has 0 saturated carbocycles. The van der Waals surface area contributed by atoms with E-state index >= 15 is 0 Å². The number of hydrogen-bond acceptors (Lipinski definition) is 6. The number of rotatable bonds is 7. The molecule has 6 nitrogen and oxygen atoms in total. The van der Waals surface area contributed by atoms with Crippen molar-refractivity contribution in [3.8, 4) is 0 Å². The average molecular weight is 362 g/mol. The van der Waals surface area contributed by atoms with E-state index in [1.165, 1.54) is 12.2 Å². The minimum atomic E-state index is -0.0263. The molecule has 0 N–H and O–H groups in total. The van der Waals surface area contributed by atoms with Gasteiger partial charge in [-0.2, -0.15) is 0 Å². The number of carbonyl (C=O) groups is 1. The van der Waals surface area contributed by atoms with Crippen LogP contribution in [0, 0.1) is 0 Å². The maximum absolute atomic E-state index is 11.2. The number of ketones is 1. The highest BCUT2D eigenvalue weighted by atomic mass is 32.1. The fourth-order valence-electron chi connectivity index (χ4n) is 2.58. The molecule has 0 aromatic carbocycles. The van der Waals surface area contributed by atoms with Gasteiger partial charge in [0.05, 0.1) is 5.71 Å². The van der Waals surface area contributed by atoms with Gasteiger partial charge in [-0.3, -0.25) is 4.79 Å². The molecule has 1 aromatic rings. The number of unbranched alkanes of at least 4 members (excludes halogenated alkanes) is 1. The van der Waals surface area contributed by atoms with Gasteiger partial charge in [-0.25, -0.2) is 4.68 Å². The standard InChI is InChI=1S/C18H27N5OS/c1-6-7-12-22-17(20-19-15-8-10-16(24)11-9-15)25-18(21-22)23(13(2)3)14(4)5/h8-11,13-14H,6-7,12H2,1-5H3/b20-17-. The Kier molecular flexibility index (Phi) is 6.87. The summed E-state index contributed by atoms with van der Waals surface area (Å²) in [6.45, 7) is 11.7. The highest BCUT2D eigenvalue weighted by Crippen LogP contribution is 2.20. The zero-order chi connectivity index (χ0) is 18.4. The maximum atomic E-state index is 11.2. The summed E-state index contributed by atoms with van der Waals surface area (Å²) in [5, 5.41) is 14.4. The van der Waals surface area contributed by atoms with Gasteiger partial charge in [-0.15, -0.1) is 15.3 Å². The summed E-state index contributed by atoms with van der Waals surface area (Å²) in [4.78, 5) is 14.3. The van der Waals surface area contributed by atoms with Crippen molar-refractivity contribution in [2.75, 3.05) is 4.90 Å². The maximum Gasteiger partial charge on any atom is 0.230 e. The molecule has 1 aliphatic rings. The fraction of sp³-hybridized carbons (Fsp3) is 0.556. The minimum absolute atomic E-state index is 0.0263. The predicted molar refractivity (Wildman–Crippen MR) is 104 cm³/mol. The van der Waals surface area contributed by atoms with Gasteiger partial charge in [0.25, 0.3) is 0 Å². The summed E-state index contributed by atoms with van der Waals surface area (Å²) in [7, 11) is 0. The van der Waals surface area contributed by atoms with Crippen molar-refractivity contribution in [1.29, 1.82) is 0 Å². The second kappa shape index (κ2) is 8.89. The number of allylic oxidation sites excluding steroid dienone is 4. The van der Waals surface area contributed by atoms with E-state index in [4.69, 9.17) is 5.10 Å². The lowest BCUT2D eigenvalue weighted by Gasteiger charge is -2.29. The Labute approximate surface area is 153 Å². The largest absolute Gasteiger partial charge is 0.342 e. The number of nitrogens with zero attached hydrogens (tertiary/aromatic N) is 5. The third kappa shape index (κ3) is 5.22. The molecule has 0 atom stereocenters. The molecule has 0 unspecified atom stereocenters. The van der Waals surface area contributed by atoms with Crippen LogP contribution >= 0.6 is 11.3 Å². The number of carbonyl (C=O) groups excluding carboxylic acids is 1. The zero-order valence-electron chi connectivity index (χ0n) is 15.6. The van der Waals surface area contributed by atoms with Gasteiger partial charge in [0.1, 0.15) is 0 Å². The van der Waals surface area contributed by atoms with Gasteiger partial charge >= 0.3 is 0 Å². The van der Waals surface area contributed by atoms with Crippen LogP contribution in [0.5, 0.6) is 0 Å².